The SMILES string of the molecule is CCCCNC(=O)[C@H](C)N(Cc1cccc(OC)c1)C(=O)COc1ccc(C(C)C)cc1. The van der Waals surface area contributed by atoms with Crippen molar-refractivity contribution in [3.05, 3.63) is 59.7 Å². The molecule has 0 saturated carbocycles. The van der Waals surface area contributed by atoms with Gasteiger partial charge < -0.3 is 19.7 Å². The predicted octanol–water partition coefficient (Wildman–Crippen LogP) is 4.53. The van der Waals surface area contributed by atoms with Gasteiger partial charge in [-0.25, -0.2) is 0 Å². The quantitative estimate of drug-likeness (QED) is 0.493. The molecule has 0 bridgehead atoms. The number of hydrogen-bond acceptors (Lipinski definition) is 4. The van der Waals surface area contributed by atoms with Crippen molar-refractivity contribution in [2.75, 3.05) is 20.3 Å². The van der Waals surface area contributed by atoms with E-state index in [2.05, 4.69) is 26.1 Å². The van der Waals surface area contributed by atoms with Gasteiger partial charge in [0, 0.05) is 13.1 Å². The van der Waals surface area contributed by atoms with Crippen LogP contribution in [0.1, 0.15) is 57.6 Å². The third-order valence-corrected chi connectivity index (χ3v) is 5.39. The number of methoxy groups -OCH3 is 1. The summed E-state index contributed by atoms with van der Waals surface area (Å²) in [5.74, 6) is 1.34. The number of nitrogens with zero attached hydrogens (tertiary/aromatic N) is 1. The first kappa shape index (κ1) is 25.2. The molecule has 0 saturated heterocycles. The monoisotopic (exact) mass is 440 g/mol. The van der Waals surface area contributed by atoms with Crippen LogP contribution in [0.3, 0.4) is 0 Å². The molecular formula is C26H36N2O4. The van der Waals surface area contributed by atoms with E-state index >= 15 is 0 Å². The summed E-state index contributed by atoms with van der Waals surface area (Å²) in [6, 6.07) is 14.6. The van der Waals surface area contributed by atoms with E-state index in [0.29, 0.717) is 24.0 Å². The molecule has 0 aliphatic rings. The van der Waals surface area contributed by atoms with E-state index in [-0.39, 0.29) is 25.0 Å². The summed E-state index contributed by atoms with van der Waals surface area (Å²) in [6.45, 7) is 8.81. The molecule has 2 aromatic rings. The summed E-state index contributed by atoms with van der Waals surface area (Å²) in [7, 11) is 1.60. The fraction of sp³-hybridized carbons (Fsp3) is 0.462. The van der Waals surface area contributed by atoms with E-state index in [1.807, 2.05) is 48.5 Å². The molecule has 0 fully saturated rings. The van der Waals surface area contributed by atoms with E-state index in [1.165, 1.54) is 5.56 Å². The van der Waals surface area contributed by atoms with Crippen LogP contribution in [-0.4, -0.2) is 43.0 Å². The maximum atomic E-state index is 13.1. The first-order chi connectivity index (χ1) is 15.3. The summed E-state index contributed by atoms with van der Waals surface area (Å²) >= 11 is 0. The third-order valence-electron chi connectivity index (χ3n) is 5.39. The lowest BCUT2D eigenvalue weighted by atomic mass is 10.0. The zero-order valence-electron chi connectivity index (χ0n) is 19.9. The minimum absolute atomic E-state index is 0.141. The minimum atomic E-state index is -0.627. The van der Waals surface area contributed by atoms with E-state index in [0.717, 1.165) is 18.4 Å². The highest BCUT2D eigenvalue weighted by molar-refractivity contribution is 5.87. The second kappa shape index (κ2) is 12.7. The van der Waals surface area contributed by atoms with Gasteiger partial charge in [-0.05, 0) is 54.7 Å². The maximum absolute atomic E-state index is 13.1. The van der Waals surface area contributed by atoms with Crippen molar-refractivity contribution in [2.24, 2.45) is 0 Å². The highest BCUT2D eigenvalue weighted by Gasteiger charge is 2.26. The lowest BCUT2D eigenvalue weighted by Crippen LogP contribution is -2.49. The van der Waals surface area contributed by atoms with Crippen molar-refractivity contribution >= 4 is 11.8 Å². The van der Waals surface area contributed by atoms with Crippen molar-refractivity contribution in [1.29, 1.82) is 0 Å². The van der Waals surface area contributed by atoms with Gasteiger partial charge in [0.15, 0.2) is 6.61 Å². The maximum Gasteiger partial charge on any atom is 0.261 e. The van der Waals surface area contributed by atoms with E-state index in [1.54, 1.807) is 18.9 Å². The number of amides is 2. The lowest BCUT2D eigenvalue weighted by Gasteiger charge is -2.29. The van der Waals surface area contributed by atoms with Crippen LogP contribution >= 0.6 is 0 Å². The Balaban J connectivity index is 2.12. The van der Waals surface area contributed by atoms with Crippen LogP contribution in [0.15, 0.2) is 48.5 Å². The molecule has 1 atom stereocenters. The molecule has 1 N–H and O–H groups in total. The summed E-state index contributed by atoms with van der Waals surface area (Å²) in [5, 5.41) is 2.92. The number of carbonyl (C=O) groups excluding carboxylic acids is 2. The van der Waals surface area contributed by atoms with Crippen molar-refractivity contribution in [3.8, 4) is 11.5 Å². The molecule has 2 rings (SSSR count). The van der Waals surface area contributed by atoms with Gasteiger partial charge in [-0.2, -0.15) is 0 Å². The fourth-order valence-electron chi connectivity index (χ4n) is 3.26. The second-order valence-corrected chi connectivity index (χ2v) is 8.21. The van der Waals surface area contributed by atoms with Crippen LogP contribution in [0.25, 0.3) is 0 Å². The van der Waals surface area contributed by atoms with Crippen LogP contribution in [-0.2, 0) is 16.1 Å². The van der Waals surface area contributed by atoms with Gasteiger partial charge in [0.05, 0.1) is 7.11 Å². The van der Waals surface area contributed by atoms with E-state index < -0.39 is 6.04 Å². The first-order valence-electron chi connectivity index (χ1n) is 11.3. The smallest absolute Gasteiger partial charge is 0.261 e. The molecule has 0 aromatic heterocycles. The Morgan fingerprint density at radius 1 is 1.03 bits per heavy atom. The number of hydrogen-bond donors (Lipinski definition) is 1. The van der Waals surface area contributed by atoms with Crippen LogP contribution in [0.5, 0.6) is 11.5 Å². The van der Waals surface area contributed by atoms with Crippen LogP contribution < -0.4 is 14.8 Å². The highest BCUT2D eigenvalue weighted by atomic mass is 16.5. The molecule has 0 spiro atoms. The van der Waals surface area contributed by atoms with Gasteiger partial charge in [0.2, 0.25) is 5.91 Å². The summed E-state index contributed by atoms with van der Waals surface area (Å²) < 4.78 is 11.0. The molecule has 6 heteroatoms. The molecule has 174 valence electrons. The van der Waals surface area contributed by atoms with Crippen LogP contribution in [0, 0.1) is 0 Å². The molecule has 2 aromatic carbocycles. The third kappa shape index (κ3) is 7.59. The molecule has 0 radical (unpaired) electrons. The summed E-state index contributed by atoms with van der Waals surface area (Å²) in [4.78, 5) is 27.4. The van der Waals surface area contributed by atoms with Gasteiger partial charge in [-0.15, -0.1) is 0 Å². The predicted molar refractivity (Wildman–Crippen MR) is 127 cm³/mol. The van der Waals surface area contributed by atoms with Crippen molar-refractivity contribution < 1.29 is 19.1 Å². The Labute approximate surface area is 191 Å². The average Bonchev–Trinajstić information content (AvgIpc) is 2.81. The highest BCUT2D eigenvalue weighted by Crippen LogP contribution is 2.19. The van der Waals surface area contributed by atoms with Gasteiger partial charge in [0.1, 0.15) is 17.5 Å². The topological polar surface area (TPSA) is 67.9 Å². The Morgan fingerprint density at radius 3 is 2.38 bits per heavy atom. The number of ether oxygens (including phenoxy) is 2. The number of nitrogens with one attached hydrogen (secondary N) is 1. The molecule has 0 heterocycles. The van der Waals surface area contributed by atoms with Crippen molar-refractivity contribution in [1.82, 2.24) is 10.2 Å². The molecule has 0 aliphatic heterocycles. The molecule has 0 aliphatic carbocycles. The van der Waals surface area contributed by atoms with Crippen LogP contribution in [0.2, 0.25) is 0 Å². The largest absolute Gasteiger partial charge is 0.497 e. The molecule has 32 heavy (non-hydrogen) atoms. The second-order valence-electron chi connectivity index (χ2n) is 8.21. The van der Waals surface area contributed by atoms with Gasteiger partial charge in [-0.1, -0.05) is 51.5 Å². The molecule has 2 amide bonds. The Bertz CT molecular complexity index is 864. The number of carbonyl (C=O) groups is 2. The van der Waals surface area contributed by atoms with Crippen LogP contribution in [0.4, 0.5) is 0 Å². The van der Waals surface area contributed by atoms with Gasteiger partial charge in [0.25, 0.3) is 5.91 Å². The lowest BCUT2D eigenvalue weighted by molar-refractivity contribution is -0.142. The Kier molecular flexibility index (Phi) is 10.1. The zero-order chi connectivity index (χ0) is 23.5. The summed E-state index contributed by atoms with van der Waals surface area (Å²) in [6.07, 6.45) is 1.89. The fourth-order valence-corrected chi connectivity index (χ4v) is 3.26. The number of unbranched alkanes of at least 4 members (excludes halogenated alkanes) is 1. The minimum Gasteiger partial charge on any atom is -0.497 e. The molecule has 6 nitrogen and oxygen atoms in total. The average molecular weight is 441 g/mol. The number of benzene rings is 2. The van der Waals surface area contributed by atoms with E-state index in [4.69, 9.17) is 9.47 Å². The summed E-state index contributed by atoms with van der Waals surface area (Å²) in [5.41, 5.74) is 2.09. The van der Waals surface area contributed by atoms with E-state index in [9.17, 15) is 9.59 Å². The Hall–Kier alpha value is -3.02. The normalized spacial score (nSPS) is 11.7. The van der Waals surface area contributed by atoms with Gasteiger partial charge >= 0.3 is 0 Å². The van der Waals surface area contributed by atoms with Gasteiger partial charge in [-0.3, -0.25) is 9.59 Å². The molecular weight excluding hydrogens is 404 g/mol. The van der Waals surface area contributed by atoms with Crippen molar-refractivity contribution in [2.45, 2.75) is 59.0 Å². The van der Waals surface area contributed by atoms with Crippen molar-refractivity contribution in [3.63, 3.8) is 0 Å². The zero-order valence-corrected chi connectivity index (χ0v) is 19.9. The molecule has 0 unspecified atom stereocenters. The number of rotatable bonds is 12. The Morgan fingerprint density at radius 2 is 1.75 bits per heavy atom. The standard InChI is InChI=1S/C26H36N2O4/c1-6-7-15-27-26(30)20(4)28(17-21-9-8-10-24(16-21)31-5)25(29)18-32-23-13-11-22(12-14-23)19(2)3/h8-14,16,19-20H,6-7,15,17-18H2,1-5H3,(H,27,30)/t20-/m0/s1. The first-order valence-corrected chi connectivity index (χ1v) is 11.3.